The number of nitrogens with one attached hydrogen (secondary N) is 4. The van der Waals surface area contributed by atoms with Crippen LogP contribution in [-0.2, 0) is 4.74 Å². The number of nitriles is 1. The molecule has 3 aliphatic rings. The fourth-order valence-electron chi connectivity index (χ4n) is 6.80. The standard InChI is InChI=1S/C35H45ClN8O/c1-23(24-12-16-45-17-13-24)39-32-26(20-37)21-38-34-29(32)18-27(19-30(34)36)40-33(25-8-6-5-7-9-25)31-22-44(42-41-31)28-10-14-43(15-11-28)35(2,3)4/h5-9,18-19,21-24,28,33,40-42H,10-17H2,1-4H3,(H,38,39)/t23-,33+/m1/s1. The van der Waals surface area contributed by atoms with E-state index in [1.54, 1.807) is 6.20 Å². The number of ether oxygens (including phenoxy) is 1. The van der Waals surface area contributed by atoms with Crippen molar-refractivity contribution in [2.45, 2.75) is 77.0 Å². The molecule has 3 aromatic rings. The average Bonchev–Trinajstić information content (AvgIpc) is 3.54. The fourth-order valence-corrected chi connectivity index (χ4v) is 7.07. The van der Waals surface area contributed by atoms with Crippen molar-refractivity contribution in [1.82, 2.24) is 25.9 Å². The molecule has 0 radical (unpaired) electrons. The van der Waals surface area contributed by atoms with Crippen LogP contribution in [0.25, 0.3) is 10.9 Å². The molecule has 2 fully saturated rings. The van der Waals surface area contributed by atoms with Crippen molar-refractivity contribution >= 4 is 33.9 Å². The number of hydrazine groups is 2. The lowest BCUT2D eigenvalue weighted by Crippen LogP contribution is -2.52. The maximum Gasteiger partial charge on any atom is 0.103 e. The van der Waals surface area contributed by atoms with E-state index in [2.05, 4.69) is 107 Å². The van der Waals surface area contributed by atoms with Crippen LogP contribution in [0.1, 0.15) is 70.5 Å². The number of halogens is 1. The summed E-state index contributed by atoms with van der Waals surface area (Å²) in [7, 11) is 0. The molecule has 3 aliphatic heterocycles. The first-order valence-corrected chi connectivity index (χ1v) is 16.5. The summed E-state index contributed by atoms with van der Waals surface area (Å²) in [6.45, 7) is 12.7. The van der Waals surface area contributed by atoms with Gasteiger partial charge in [0.15, 0.2) is 0 Å². The number of anilines is 2. The van der Waals surface area contributed by atoms with Gasteiger partial charge in [-0.1, -0.05) is 41.9 Å². The number of hydrogen-bond acceptors (Lipinski definition) is 9. The second kappa shape index (κ2) is 13.4. The summed E-state index contributed by atoms with van der Waals surface area (Å²) in [5.74, 6) is 0.462. The van der Waals surface area contributed by atoms with Gasteiger partial charge in [0.05, 0.1) is 33.5 Å². The molecule has 1 aromatic heterocycles. The molecule has 2 saturated heterocycles. The number of nitrogens with zero attached hydrogens (tertiary/aromatic N) is 4. The Morgan fingerprint density at radius 1 is 1.07 bits per heavy atom. The van der Waals surface area contributed by atoms with E-state index in [1.165, 1.54) is 0 Å². The van der Waals surface area contributed by atoms with E-state index in [9.17, 15) is 5.26 Å². The maximum absolute atomic E-state index is 10.0. The van der Waals surface area contributed by atoms with Crippen LogP contribution in [0, 0.1) is 17.2 Å². The molecule has 10 heteroatoms. The molecule has 2 aromatic carbocycles. The van der Waals surface area contributed by atoms with Gasteiger partial charge in [-0.05, 0) is 77.0 Å². The maximum atomic E-state index is 10.0. The smallest absolute Gasteiger partial charge is 0.103 e. The van der Waals surface area contributed by atoms with Crippen molar-refractivity contribution in [3.63, 3.8) is 0 Å². The molecule has 4 heterocycles. The van der Waals surface area contributed by atoms with Gasteiger partial charge in [0.25, 0.3) is 0 Å². The topological polar surface area (TPSA) is 101 Å². The highest BCUT2D eigenvalue weighted by molar-refractivity contribution is 6.35. The van der Waals surface area contributed by atoms with E-state index in [0.29, 0.717) is 28.1 Å². The third-order valence-corrected chi connectivity index (χ3v) is 9.85. The van der Waals surface area contributed by atoms with Gasteiger partial charge in [-0.25, -0.2) is 0 Å². The third-order valence-electron chi connectivity index (χ3n) is 9.56. The van der Waals surface area contributed by atoms with Crippen molar-refractivity contribution in [3.05, 3.63) is 76.7 Å². The number of fused-ring (bicyclic) bond motifs is 1. The highest BCUT2D eigenvalue weighted by atomic mass is 35.5. The zero-order chi connectivity index (χ0) is 31.6. The number of pyridine rings is 1. The molecule has 0 spiro atoms. The van der Waals surface area contributed by atoms with Crippen LogP contribution in [-0.4, -0.2) is 58.8 Å². The molecule has 2 atom stereocenters. The molecular formula is C35H45ClN8O. The predicted molar refractivity (Wildman–Crippen MR) is 181 cm³/mol. The number of rotatable bonds is 8. The Bertz CT molecular complexity index is 1550. The van der Waals surface area contributed by atoms with Crippen molar-refractivity contribution in [3.8, 4) is 6.07 Å². The van der Waals surface area contributed by atoms with Crippen molar-refractivity contribution in [2.24, 2.45) is 5.92 Å². The summed E-state index contributed by atoms with van der Waals surface area (Å²) in [4.78, 5) is 7.15. The monoisotopic (exact) mass is 628 g/mol. The van der Waals surface area contributed by atoms with Crippen molar-refractivity contribution in [2.75, 3.05) is 36.9 Å². The Hall–Kier alpha value is -3.55. The number of piperidine rings is 1. The zero-order valence-corrected chi connectivity index (χ0v) is 27.5. The summed E-state index contributed by atoms with van der Waals surface area (Å²) in [6.07, 6.45) is 7.99. The molecule has 0 bridgehead atoms. The quantitative estimate of drug-likeness (QED) is 0.221. The molecule has 45 heavy (non-hydrogen) atoms. The van der Waals surface area contributed by atoms with E-state index >= 15 is 0 Å². The number of hydrogen-bond donors (Lipinski definition) is 4. The van der Waals surface area contributed by atoms with Gasteiger partial charge < -0.3 is 20.8 Å². The number of likely N-dealkylation sites (tertiary alicyclic amines) is 1. The van der Waals surface area contributed by atoms with Crippen LogP contribution in [0.4, 0.5) is 11.4 Å². The number of benzene rings is 2. The van der Waals surface area contributed by atoms with Gasteiger partial charge in [-0.3, -0.25) is 14.9 Å². The van der Waals surface area contributed by atoms with Crippen LogP contribution < -0.4 is 21.6 Å². The van der Waals surface area contributed by atoms with Gasteiger partial charge >= 0.3 is 0 Å². The zero-order valence-electron chi connectivity index (χ0n) is 26.7. The predicted octanol–water partition coefficient (Wildman–Crippen LogP) is 6.57. The van der Waals surface area contributed by atoms with E-state index in [4.69, 9.17) is 16.3 Å². The van der Waals surface area contributed by atoms with Crippen LogP contribution >= 0.6 is 11.6 Å². The summed E-state index contributed by atoms with van der Waals surface area (Å²) < 4.78 is 5.58. The first kappa shape index (κ1) is 31.4. The average molecular weight is 629 g/mol. The van der Waals surface area contributed by atoms with Gasteiger partial charge in [0.2, 0.25) is 0 Å². The Balaban J connectivity index is 1.29. The Kier molecular flexibility index (Phi) is 9.39. The summed E-state index contributed by atoms with van der Waals surface area (Å²) in [5, 5.41) is 21.1. The van der Waals surface area contributed by atoms with Crippen LogP contribution in [0.5, 0.6) is 0 Å². The van der Waals surface area contributed by atoms with Crippen molar-refractivity contribution < 1.29 is 4.74 Å². The minimum atomic E-state index is -0.170. The number of aromatic nitrogens is 1. The minimum Gasteiger partial charge on any atom is -0.381 e. The van der Waals surface area contributed by atoms with Gasteiger partial charge in [0, 0.05) is 67.4 Å². The Morgan fingerprint density at radius 3 is 2.49 bits per heavy atom. The van der Waals surface area contributed by atoms with Gasteiger partial charge in [-0.15, -0.1) is 5.53 Å². The first-order valence-electron chi connectivity index (χ1n) is 16.2. The molecule has 0 saturated carbocycles. The molecular weight excluding hydrogens is 584 g/mol. The van der Waals surface area contributed by atoms with Crippen LogP contribution in [0.2, 0.25) is 5.02 Å². The van der Waals surface area contributed by atoms with E-state index in [-0.39, 0.29) is 17.6 Å². The molecule has 0 amide bonds. The Morgan fingerprint density at radius 2 is 1.80 bits per heavy atom. The molecule has 0 aliphatic carbocycles. The molecule has 4 N–H and O–H groups in total. The lowest BCUT2D eigenvalue weighted by molar-refractivity contribution is 0.0570. The van der Waals surface area contributed by atoms with Crippen molar-refractivity contribution in [1.29, 1.82) is 5.26 Å². The van der Waals surface area contributed by atoms with Crippen LogP contribution in [0.15, 0.2) is 60.6 Å². The highest BCUT2D eigenvalue weighted by Crippen LogP contribution is 2.37. The van der Waals surface area contributed by atoms with Gasteiger partial charge in [-0.2, -0.15) is 5.26 Å². The lowest BCUT2D eigenvalue weighted by Gasteiger charge is -2.42. The molecule has 9 nitrogen and oxygen atoms in total. The van der Waals surface area contributed by atoms with Crippen LogP contribution in [0.3, 0.4) is 0 Å². The van der Waals surface area contributed by atoms with E-state index < -0.39 is 0 Å². The molecule has 0 unspecified atom stereocenters. The van der Waals surface area contributed by atoms with E-state index in [0.717, 1.165) is 80.0 Å². The summed E-state index contributed by atoms with van der Waals surface area (Å²) in [6, 6.07) is 17.1. The third kappa shape index (κ3) is 7.00. The summed E-state index contributed by atoms with van der Waals surface area (Å²) in [5.41, 5.74) is 12.0. The normalized spacial score (nSPS) is 19.9. The lowest BCUT2D eigenvalue weighted by atomic mass is 9.92. The fraction of sp³-hybridized carbons (Fsp3) is 0.486. The highest BCUT2D eigenvalue weighted by Gasteiger charge is 2.32. The molecule has 238 valence electrons. The molecule has 6 rings (SSSR count). The SMILES string of the molecule is C[C@@H](Nc1c(C#N)cnc2c(Cl)cc(N[C@H](C3=CN(C4CCN(C(C)(C)C)CC4)NN3)c3ccccc3)cc12)C1CCOCC1. The van der Waals surface area contributed by atoms with Gasteiger partial charge in [0.1, 0.15) is 6.07 Å². The summed E-state index contributed by atoms with van der Waals surface area (Å²) >= 11 is 6.89. The Labute approximate surface area is 271 Å². The largest absolute Gasteiger partial charge is 0.381 e. The second-order valence-electron chi connectivity index (χ2n) is 13.5. The van der Waals surface area contributed by atoms with E-state index in [1.807, 2.05) is 12.1 Å². The second-order valence-corrected chi connectivity index (χ2v) is 13.9. The first-order chi connectivity index (χ1) is 21.7. The minimum absolute atomic E-state index is 0.166.